The number of amides is 2. The van der Waals surface area contributed by atoms with Gasteiger partial charge in [0.15, 0.2) is 0 Å². The first-order chi connectivity index (χ1) is 14.4. The SMILES string of the molecule is O=C(N/N=C/c1ccc([N+](=O)[O-])cc1)c1ccc(NC(=O)c2ccccc2Cl)cc1. The number of hydrogen-bond donors (Lipinski definition) is 2. The van der Waals surface area contributed by atoms with Crippen LogP contribution in [0.4, 0.5) is 11.4 Å². The van der Waals surface area contributed by atoms with Crippen LogP contribution < -0.4 is 10.7 Å². The molecule has 0 aliphatic heterocycles. The fourth-order valence-electron chi connectivity index (χ4n) is 2.46. The number of nitrogens with zero attached hydrogens (tertiary/aromatic N) is 2. The van der Waals surface area contributed by atoms with Crippen molar-refractivity contribution < 1.29 is 14.5 Å². The van der Waals surface area contributed by atoms with Crippen LogP contribution in [0.2, 0.25) is 5.02 Å². The van der Waals surface area contributed by atoms with Gasteiger partial charge in [-0.15, -0.1) is 0 Å². The molecule has 0 fully saturated rings. The van der Waals surface area contributed by atoms with Crippen molar-refractivity contribution in [1.29, 1.82) is 0 Å². The Morgan fingerprint density at radius 3 is 2.23 bits per heavy atom. The Hall–Kier alpha value is -4.04. The van der Waals surface area contributed by atoms with Gasteiger partial charge in [-0.2, -0.15) is 5.10 Å². The molecule has 0 aliphatic carbocycles. The molecule has 2 amide bonds. The van der Waals surface area contributed by atoms with E-state index in [4.69, 9.17) is 11.6 Å². The van der Waals surface area contributed by atoms with Gasteiger partial charge in [-0.3, -0.25) is 19.7 Å². The van der Waals surface area contributed by atoms with E-state index in [9.17, 15) is 19.7 Å². The van der Waals surface area contributed by atoms with Gasteiger partial charge in [-0.25, -0.2) is 5.43 Å². The van der Waals surface area contributed by atoms with E-state index in [0.29, 0.717) is 27.4 Å². The molecule has 8 nitrogen and oxygen atoms in total. The average Bonchev–Trinajstić information content (AvgIpc) is 2.74. The summed E-state index contributed by atoms with van der Waals surface area (Å²) in [5, 5.41) is 17.5. The van der Waals surface area contributed by atoms with E-state index in [1.807, 2.05) is 0 Å². The number of carbonyl (C=O) groups is 2. The van der Waals surface area contributed by atoms with Crippen molar-refractivity contribution in [2.45, 2.75) is 0 Å². The van der Waals surface area contributed by atoms with Crippen molar-refractivity contribution in [3.05, 3.63) is 105 Å². The molecule has 3 aromatic carbocycles. The van der Waals surface area contributed by atoms with Crippen LogP contribution in [0.15, 0.2) is 77.9 Å². The maximum absolute atomic E-state index is 12.3. The Labute approximate surface area is 176 Å². The molecule has 3 aromatic rings. The van der Waals surface area contributed by atoms with Crippen LogP contribution in [0, 0.1) is 10.1 Å². The molecule has 0 saturated heterocycles. The zero-order chi connectivity index (χ0) is 21.5. The normalized spacial score (nSPS) is 10.6. The van der Waals surface area contributed by atoms with Gasteiger partial charge in [0, 0.05) is 23.4 Å². The predicted octanol–water partition coefficient (Wildman–Crippen LogP) is 4.26. The third kappa shape index (κ3) is 5.27. The molecule has 9 heteroatoms. The lowest BCUT2D eigenvalue weighted by atomic mass is 10.1. The van der Waals surface area contributed by atoms with Crippen LogP contribution in [-0.4, -0.2) is 23.0 Å². The molecule has 150 valence electrons. The van der Waals surface area contributed by atoms with E-state index in [0.717, 1.165) is 0 Å². The molecule has 0 bridgehead atoms. The predicted molar refractivity (Wildman–Crippen MR) is 114 cm³/mol. The number of non-ortho nitro benzene ring substituents is 1. The van der Waals surface area contributed by atoms with E-state index in [1.165, 1.54) is 30.5 Å². The standard InChI is InChI=1S/C21H15ClN4O4/c22-19-4-2-1-3-18(19)21(28)24-16-9-7-15(8-10-16)20(27)25-23-13-14-5-11-17(12-6-14)26(29)30/h1-13H,(H,24,28)(H,25,27)/b23-13+. The minimum absolute atomic E-state index is 0.0297. The van der Waals surface area contributed by atoms with Crippen molar-refractivity contribution in [3.63, 3.8) is 0 Å². The number of carbonyl (C=O) groups excluding carboxylic acids is 2. The van der Waals surface area contributed by atoms with Crippen molar-refractivity contribution in [1.82, 2.24) is 5.43 Å². The second-order valence-corrected chi connectivity index (χ2v) is 6.47. The average molecular weight is 423 g/mol. The van der Waals surface area contributed by atoms with Crippen molar-refractivity contribution in [3.8, 4) is 0 Å². The van der Waals surface area contributed by atoms with E-state index in [-0.39, 0.29) is 11.6 Å². The molecule has 0 saturated carbocycles. The van der Waals surface area contributed by atoms with E-state index in [2.05, 4.69) is 15.8 Å². The van der Waals surface area contributed by atoms with Crippen LogP contribution in [0.3, 0.4) is 0 Å². The van der Waals surface area contributed by atoms with E-state index < -0.39 is 10.8 Å². The number of hydrogen-bond acceptors (Lipinski definition) is 5. The summed E-state index contributed by atoms with van der Waals surface area (Å²) in [6.45, 7) is 0. The Morgan fingerprint density at radius 2 is 1.60 bits per heavy atom. The number of nitro benzene ring substituents is 1. The second-order valence-electron chi connectivity index (χ2n) is 6.06. The quantitative estimate of drug-likeness (QED) is 0.351. The monoisotopic (exact) mass is 422 g/mol. The molecule has 0 heterocycles. The zero-order valence-corrected chi connectivity index (χ0v) is 16.2. The first-order valence-corrected chi connectivity index (χ1v) is 9.05. The molecule has 0 aromatic heterocycles. The number of nitrogens with one attached hydrogen (secondary N) is 2. The van der Waals surface area contributed by atoms with Gasteiger partial charge in [0.25, 0.3) is 17.5 Å². The first-order valence-electron chi connectivity index (χ1n) is 8.68. The molecule has 3 rings (SSSR count). The van der Waals surface area contributed by atoms with Gasteiger partial charge in [-0.05, 0) is 54.1 Å². The largest absolute Gasteiger partial charge is 0.322 e. The number of halogens is 1. The highest BCUT2D eigenvalue weighted by atomic mass is 35.5. The third-order valence-corrected chi connectivity index (χ3v) is 4.34. The van der Waals surface area contributed by atoms with Crippen molar-refractivity contribution in [2.24, 2.45) is 5.10 Å². The summed E-state index contributed by atoms with van der Waals surface area (Å²) in [6, 6.07) is 18.7. The Balaban J connectivity index is 1.57. The minimum Gasteiger partial charge on any atom is -0.322 e. The van der Waals surface area contributed by atoms with Crippen LogP contribution >= 0.6 is 11.6 Å². The summed E-state index contributed by atoms with van der Waals surface area (Å²) in [6.07, 6.45) is 1.37. The summed E-state index contributed by atoms with van der Waals surface area (Å²) in [7, 11) is 0. The summed E-state index contributed by atoms with van der Waals surface area (Å²) >= 11 is 6.01. The van der Waals surface area contributed by atoms with Gasteiger partial charge >= 0.3 is 0 Å². The molecule has 30 heavy (non-hydrogen) atoms. The molecule has 0 aliphatic rings. The smallest absolute Gasteiger partial charge is 0.271 e. The highest BCUT2D eigenvalue weighted by Gasteiger charge is 2.10. The second kappa shape index (κ2) is 9.44. The summed E-state index contributed by atoms with van der Waals surface area (Å²) in [4.78, 5) is 34.5. The Kier molecular flexibility index (Phi) is 6.51. The maximum Gasteiger partial charge on any atom is 0.271 e. The summed E-state index contributed by atoms with van der Waals surface area (Å²) in [5.41, 5.74) is 4.13. The van der Waals surface area contributed by atoms with Crippen molar-refractivity contribution in [2.75, 3.05) is 5.32 Å². The lowest BCUT2D eigenvalue weighted by molar-refractivity contribution is -0.384. The first kappa shape index (κ1) is 20.7. The fourth-order valence-corrected chi connectivity index (χ4v) is 2.68. The van der Waals surface area contributed by atoms with Gasteiger partial charge in [0.05, 0.1) is 21.7 Å². The lowest BCUT2D eigenvalue weighted by Gasteiger charge is -2.07. The van der Waals surface area contributed by atoms with Gasteiger partial charge < -0.3 is 5.32 Å². The van der Waals surface area contributed by atoms with Gasteiger partial charge in [-0.1, -0.05) is 23.7 Å². The van der Waals surface area contributed by atoms with Crippen LogP contribution in [0.25, 0.3) is 0 Å². The van der Waals surface area contributed by atoms with Crippen LogP contribution in [0.5, 0.6) is 0 Å². The molecule has 2 N–H and O–H groups in total. The number of benzene rings is 3. The molecule has 0 spiro atoms. The fraction of sp³-hybridized carbons (Fsp3) is 0. The Bertz CT molecular complexity index is 1110. The molecule has 0 radical (unpaired) electrons. The molecule has 0 atom stereocenters. The summed E-state index contributed by atoms with van der Waals surface area (Å²) < 4.78 is 0. The third-order valence-electron chi connectivity index (χ3n) is 4.01. The van der Waals surface area contributed by atoms with E-state index in [1.54, 1.807) is 48.5 Å². The number of anilines is 1. The van der Waals surface area contributed by atoms with E-state index >= 15 is 0 Å². The number of nitro groups is 1. The molecule has 0 unspecified atom stereocenters. The minimum atomic E-state index is -0.497. The van der Waals surface area contributed by atoms with Crippen molar-refractivity contribution >= 4 is 41.0 Å². The number of hydrazone groups is 1. The lowest BCUT2D eigenvalue weighted by Crippen LogP contribution is -2.18. The van der Waals surface area contributed by atoms with Crippen LogP contribution in [0.1, 0.15) is 26.3 Å². The van der Waals surface area contributed by atoms with Gasteiger partial charge in [0.1, 0.15) is 0 Å². The van der Waals surface area contributed by atoms with Crippen LogP contribution in [-0.2, 0) is 0 Å². The molecular formula is C21H15ClN4O4. The summed E-state index contributed by atoms with van der Waals surface area (Å²) in [5.74, 6) is -0.803. The number of rotatable bonds is 6. The Morgan fingerprint density at radius 1 is 0.933 bits per heavy atom. The molecular weight excluding hydrogens is 408 g/mol. The highest BCUT2D eigenvalue weighted by molar-refractivity contribution is 6.34. The topological polar surface area (TPSA) is 114 Å². The zero-order valence-electron chi connectivity index (χ0n) is 15.4. The maximum atomic E-state index is 12.3. The van der Waals surface area contributed by atoms with Gasteiger partial charge in [0.2, 0.25) is 0 Å². The highest BCUT2D eigenvalue weighted by Crippen LogP contribution is 2.17.